The molecule has 0 saturated carbocycles. The quantitative estimate of drug-likeness (QED) is 0.742. The van der Waals surface area contributed by atoms with Crippen LogP contribution in [0.15, 0.2) is 28.9 Å². The van der Waals surface area contributed by atoms with Crippen LogP contribution in [0.1, 0.15) is 26.0 Å². The molecule has 1 amide bonds. The van der Waals surface area contributed by atoms with E-state index >= 15 is 0 Å². The van der Waals surface area contributed by atoms with Crippen molar-refractivity contribution in [3.05, 3.63) is 30.2 Å². The SMILES string of the molecule is CC(C)C(CCO)NC(=O)/C=C/c1ccco1. The van der Waals surface area contributed by atoms with E-state index in [9.17, 15) is 4.79 Å². The molecule has 1 aromatic rings. The summed E-state index contributed by atoms with van der Waals surface area (Å²) in [6, 6.07) is 3.53. The molecule has 94 valence electrons. The second kappa shape index (κ2) is 6.91. The van der Waals surface area contributed by atoms with Gasteiger partial charge in [-0.3, -0.25) is 4.79 Å². The Hall–Kier alpha value is -1.55. The molecule has 1 unspecified atom stereocenters. The molecule has 0 fully saturated rings. The highest BCUT2D eigenvalue weighted by Crippen LogP contribution is 2.06. The van der Waals surface area contributed by atoms with E-state index in [-0.39, 0.29) is 18.6 Å². The first kappa shape index (κ1) is 13.5. The third kappa shape index (κ3) is 4.87. The van der Waals surface area contributed by atoms with Crippen LogP contribution in [0.5, 0.6) is 0 Å². The van der Waals surface area contributed by atoms with Crippen LogP contribution in [-0.2, 0) is 4.79 Å². The number of rotatable bonds is 6. The second-order valence-electron chi connectivity index (χ2n) is 4.22. The summed E-state index contributed by atoms with van der Waals surface area (Å²) in [5, 5.41) is 11.7. The average Bonchev–Trinajstić information content (AvgIpc) is 2.78. The van der Waals surface area contributed by atoms with Gasteiger partial charge < -0.3 is 14.8 Å². The molecular formula is C13H19NO3. The zero-order valence-electron chi connectivity index (χ0n) is 10.2. The van der Waals surface area contributed by atoms with E-state index in [0.717, 1.165) is 0 Å². The Balaban J connectivity index is 2.47. The molecular weight excluding hydrogens is 218 g/mol. The third-order valence-corrected chi connectivity index (χ3v) is 2.51. The van der Waals surface area contributed by atoms with Crippen molar-refractivity contribution >= 4 is 12.0 Å². The monoisotopic (exact) mass is 237 g/mol. The number of carbonyl (C=O) groups is 1. The fourth-order valence-electron chi connectivity index (χ4n) is 1.49. The number of hydrogen-bond acceptors (Lipinski definition) is 3. The van der Waals surface area contributed by atoms with Crippen molar-refractivity contribution in [1.29, 1.82) is 0 Å². The summed E-state index contributed by atoms with van der Waals surface area (Å²) < 4.78 is 5.08. The van der Waals surface area contributed by atoms with Gasteiger partial charge in [0.1, 0.15) is 5.76 Å². The summed E-state index contributed by atoms with van der Waals surface area (Å²) in [6.45, 7) is 4.10. The number of hydrogen-bond donors (Lipinski definition) is 2. The molecule has 0 aliphatic rings. The number of aliphatic hydroxyl groups is 1. The molecule has 1 rings (SSSR count). The van der Waals surface area contributed by atoms with Gasteiger partial charge in [-0.05, 0) is 30.5 Å². The van der Waals surface area contributed by atoms with Gasteiger partial charge in [0.15, 0.2) is 0 Å². The maximum Gasteiger partial charge on any atom is 0.244 e. The Morgan fingerprint density at radius 2 is 2.35 bits per heavy atom. The number of nitrogens with one attached hydrogen (secondary N) is 1. The Bertz CT molecular complexity index is 355. The van der Waals surface area contributed by atoms with Crippen molar-refractivity contribution in [2.45, 2.75) is 26.3 Å². The normalized spacial score (nSPS) is 13.2. The minimum Gasteiger partial charge on any atom is -0.465 e. The Morgan fingerprint density at radius 3 is 2.88 bits per heavy atom. The molecule has 4 heteroatoms. The average molecular weight is 237 g/mol. The maximum absolute atomic E-state index is 11.6. The lowest BCUT2D eigenvalue weighted by Gasteiger charge is -2.20. The van der Waals surface area contributed by atoms with Gasteiger partial charge in [0.05, 0.1) is 6.26 Å². The van der Waals surface area contributed by atoms with Crippen molar-refractivity contribution in [1.82, 2.24) is 5.32 Å². The molecule has 2 N–H and O–H groups in total. The Labute approximate surface area is 101 Å². The molecule has 1 atom stereocenters. The Morgan fingerprint density at radius 1 is 1.59 bits per heavy atom. The van der Waals surface area contributed by atoms with Gasteiger partial charge in [0.2, 0.25) is 5.91 Å². The molecule has 4 nitrogen and oxygen atoms in total. The summed E-state index contributed by atoms with van der Waals surface area (Å²) in [4.78, 5) is 11.6. The zero-order chi connectivity index (χ0) is 12.7. The van der Waals surface area contributed by atoms with E-state index in [2.05, 4.69) is 5.32 Å². The lowest BCUT2D eigenvalue weighted by molar-refractivity contribution is -0.117. The predicted molar refractivity (Wildman–Crippen MR) is 66.2 cm³/mol. The van der Waals surface area contributed by atoms with Crippen LogP contribution in [0.25, 0.3) is 6.08 Å². The summed E-state index contributed by atoms with van der Waals surface area (Å²) >= 11 is 0. The first-order valence-electron chi connectivity index (χ1n) is 5.76. The molecule has 1 heterocycles. The molecule has 0 aliphatic carbocycles. The fraction of sp³-hybridized carbons (Fsp3) is 0.462. The maximum atomic E-state index is 11.6. The first-order chi connectivity index (χ1) is 8.13. The van der Waals surface area contributed by atoms with Crippen LogP contribution in [0.2, 0.25) is 0 Å². The molecule has 17 heavy (non-hydrogen) atoms. The summed E-state index contributed by atoms with van der Waals surface area (Å²) in [7, 11) is 0. The minimum absolute atomic E-state index is 0.00579. The highest BCUT2D eigenvalue weighted by molar-refractivity contribution is 5.91. The minimum atomic E-state index is -0.173. The third-order valence-electron chi connectivity index (χ3n) is 2.51. The standard InChI is InChI=1S/C13H19NO3/c1-10(2)12(7-8-15)14-13(16)6-5-11-4-3-9-17-11/h3-6,9-10,12,15H,7-8H2,1-2H3,(H,14,16)/b6-5+. The lowest BCUT2D eigenvalue weighted by Crippen LogP contribution is -2.38. The Kier molecular flexibility index (Phi) is 5.49. The second-order valence-corrected chi connectivity index (χ2v) is 4.22. The van der Waals surface area contributed by atoms with E-state index in [4.69, 9.17) is 9.52 Å². The summed E-state index contributed by atoms with van der Waals surface area (Å²) in [5.41, 5.74) is 0. The highest BCUT2D eigenvalue weighted by Gasteiger charge is 2.13. The van der Waals surface area contributed by atoms with E-state index in [1.165, 1.54) is 6.08 Å². The van der Waals surface area contributed by atoms with Gasteiger partial charge in [0.25, 0.3) is 0 Å². The van der Waals surface area contributed by atoms with Crippen LogP contribution in [-0.4, -0.2) is 23.7 Å². The molecule has 1 aromatic heterocycles. The van der Waals surface area contributed by atoms with Gasteiger partial charge in [-0.25, -0.2) is 0 Å². The fourth-order valence-corrected chi connectivity index (χ4v) is 1.49. The topological polar surface area (TPSA) is 62.5 Å². The molecule has 0 spiro atoms. The van der Waals surface area contributed by atoms with Gasteiger partial charge in [-0.2, -0.15) is 0 Å². The van der Waals surface area contributed by atoms with Crippen molar-refractivity contribution in [3.8, 4) is 0 Å². The molecule has 0 aromatic carbocycles. The van der Waals surface area contributed by atoms with Crippen LogP contribution in [0, 0.1) is 5.92 Å². The van der Waals surface area contributed by atoms with Crippen molar-refractivity contribution in [3.63, 3.8) is 0 Å². The van der Waals surface area contributed by atoms with Gasteiger partial charge in [-0.1, -0.05) is 13.8 Å². The molecule has 0 aliphatic heterocycles. The number of aliphatic hydroxyl groups excluding tert-OH is 1. The van der Waals surface area contributed by atoms with Crippen LogP contribution < -0.4 is 5.32 Å². The van der Waals surface area contributed by atoms with Crippen LogP contribution in [0.4, 0.5) is 0 Å². The lowest BCUT2D eigenvalue weighted by atomic mass is 10.0. The first-order valence-corrected chi connectivity index (χ1v) is 5.76. The highest BCUT2D eigenvalue weighted by atomic mass is 16.3. The van der Waals surface area contributed by atoms with Crippen LogP contribution in [0.3, 0.4) is 0 Å². The number of furan rings is 1. The number of carbonyl (C=O) groups excluding carboxylic acids is 1. The molecule has 0 saturated heterocycles. The predicted octanol–water partition coefficient (Wildman–Crippen LogP) is 1.82. The largest absolute Gasteiger partial charge is 0.465 e. The smallest absolute Gasteiger partial charge is 0.244 e. The van der Waals surface area contributed by atoms with E-state index < -0.39 is 0 Å². The van der Waals surface area contributed by atoms with Crippen LogP contribution >= 0.6 is 0 Å². The summed E-state index contributed by atoms with van der Waals surface area (Å²) in [5.74, 6) is 0.764. The van der Waals surface area contributed by atoms with E-state index in [1.54, 1.807) is 24.5 Å². The molecule has 0 radical (unpaired) electrons. The van der Waals surface area contributed by atoms with Crippen molar-refractivity contribution in [2.24, 2.45) is 5.92 Å². The molecule has 0 bridgehead atoms. The summed E-state index contributed by atoms with van der Waals surface area (Å²) in [6.07, 6.45) is 5.18. The van der Waals surface area contributed by atoms with Crippen molar-refractivity contribution < 1.29 is 14.3 Å². The number of amides is 1. The van der Waals surface area contributed by atoms with Gasteiger partial charge in [-0.15, -0.1) is 0 Å². The van der Waals surface area contributed by atoms with Crippen molar-refractivity contribution in [2.75, 3.05) is 6.61 Å². The zero-order valence-corrected chi connectivity index (χ0v) is 10.2. The van der Waals surface area contributed by atoms with Gasteiger partial charge in [0, 0.05) is 18.7 Å². The van der Waals surface area contributed by atoms with E-state index in [1.807, 2.05) is 13.8 Å². The van der Waals surface area contributed by atoms with E-state index in [0.29, 0.717) is 18.1 Å². The van der Waals surface area contributed by atoms with Gasteiger partial charge >= 0.3 is 0 Å².